The Morgan fingerprint density at radius 1 is 0.783 bits per heavy atom. The van der Waals surface area contributed by atoms with Crippen molar-refractivity contribution in [2.45, 2.75) is 78.6 Å². The molecule has 23 heavy (non-hydrogen) atoms. The molecule has 0 spiro atoms. The first-order chi connectivity index (χ1) is 10.5. The SMILES string of the molecule is CCO[Si](CC)(CCCOCN([Si](C)(C)C)[Si](C)(C)C)OCC. The lowest BCUT2D eigenvalue weighted by molar-refractivity contribution is 0.0908. The quantitative estimate of drug-likeness (QED) is 0.260. The molecule has 0 saturated carbocycles. The fourth-order valence-electron chi connectivity index (χ4n) is 3.09. The standard InChI is InChI=1S/C16H41NO3Si3/c1-10-19-23(12-3,20-11-2)15-13-14-18-16-17(21(4,5)6)22(7,8)9/h10-16H2,1-9H3. The van der Waals surface area contributed by atoms with Crippen LogP contribution in [0.1, 0.15) is 27.2 Å². The third kappa shape index (κ3) is 8.95. The van der Waals surface area contributed by atoms with Gasteiger partial charge in [0, 0.05) is 19.8 Å². The Labute approximate surface area is 148 Å². The van der Waals surface area contributed by atoms with E-state index in [-0.39, 0.29) is 0 Å². The van der Waals surface area contributed by atoms with Gasteiger partial charge >= 0.3 is 8.56 Å². The van der Waals surface area contributed by atoms with Crippen LogP contribution in [0.15, 0.2) is 0 Å². The molecule has 7 heteroatoms. The van der Waals surface area contributed by atoms with Gasteiger partial charge in [0.2, 0.25) is 0 Å². The minimum Gasteiger partial charge on any atom is -0.394 e. The highest BCUT2D eigenvalue weighted by Crippen LogP contribution is 2.22. The third-order valence-electron chi connectivity index (χ3n) is 4.04. The van der Waals surface area contributed by atoms with Gasteiger partial charge in [0.25, 0.3) is 0 Å². The molecule has 0 aliphatic heterocycles. The van der Waals surface area contributed by atoms with Crippen LogP contribution < -0.4 is 0 Å². The van der Waals surface area contributed by atoms with E-state index in [0.29, 0.717) is 0 Å². The molecule has 0 aromatic carbocycles. The van der Waals surface area contributed by atoms with Crippen LogP contribution in [0.5, 0.6) is 0 Å². The van der Waals surface area contributed by atoms with Gasteiger partial charge in [0.05, 0.1) is 6.73 Å². The van der Waals surface area contributed by atoms with Crippen molar-refractivity contribution in [2.75, 3.05) is 26.6 Å². The van der Waals surface area contributed by atoms with E-state index in [1.165, 1.54) is 0 Å². The van der Waals surface area contributed by atoms with E-state index >= 15 is 0 Å². The first-order valence-electron chi connectivity index (χ1n) is 9.15. The zero-order valence-electron chi connectivity index (χ0n) is 17.1. The summed E-state index contributed by atoms with van der Waals surface area (Å²) in [6, 6.07) is 2.05. The van der Waals surface area contributed by atoms with E-state index < -0.39 is 25.0 Å². The van der Waals surface area contributed by atoms with Crippen molar-refractivity contribution in [3.05, 3.63) is 0 Å². The van der Waals surface area contributed by atoms with Crippen LogP contribution >= 0.6 is 0 Å². The maximum absolute atomic E-state index is 6.05. The van der Waals surface area contributed by atoms with E-state index in [4.69, 9.17) is 13.6 Å². The normalized spacial score (nSPS) is 13.8. The summed E-state index contributed by atoms with van der Waals surface area (Å²) in [4.78, 5) is 0. The lowest BCUT2D eigenvalue weighted by atomic mass is 10.5. The highest BCUT2D eigenvalue weighted by Gasteiger charge is 2.35. The number of hydrogen-bond donors (Lipinski definition) is 0. The van der Waals surface area contributed by atoms with Gasteiger partial charge in [-0.15, -0.1) is 0 Å². The second-order valence-corrected chi connectivity index (χ2v) is 21.9. The van der Waals surface area contributed by atoms with Gasteiger partial charge < -0.3 is 17.8 Å². The van der Waals surface area contributed by atoms with Crippen molar-refractivity contribution >= 4 is 25.0 Å². The van der Waals surface area contributed by atoms with E-state index in [0.717, 1.165) is 45.1 Å². The minimum atomic E-state index is -2.00. The van der Waals surface area contributed by atoms with Crippen molar-refractivity contribution in [3.63, 3.8) is 0 Å². The summed E-state index contributed by atoms with van der Waals surface area (Å²) >= 11 is 0. The average molecular weight is 380 g/mol. The monoisotopic (exact) mass is 379 g/mol. The minimum absolute atomic E-state index is 0.750. The Bertz CT molecular complexity index is 297. The predicted octanol–water partition coefficient (Wildman–Crippen LogP) is 4.86. The third-order valence-corrected chi connectivity index (χ3v) is 15.4. The molecule has 0 radical (unpaired) electrons. The molecule has 4 nitrogen and oxygen atoms in total. The first kappa shape index (κ1) is 23.5. The number of ether oxygens (including phenoxy) is 1. The van der Waals surface area contributed by atoms with Crippen molar-refractivity contribution in [2.24, 2.45) is 0 Å². The van der Waals surface area contributed by atoms with E-state index in [9.17, 15) is 0 Å². The molecule has 0 saturated heterocycles. The van der Waals surface area contributed by atoms with Crippen LogP contribution in [0.2, 0.25) is 51.4 Å². The summed E-state index contributed by atoms with van der Waals surface area (Å²) in [5.74, 6) is 0. The van der Waals surface area contributed by atoms with Crippen molar-refractivity contribution in [3.8, 4) is 0 Å². The Balaban J connectivity index is 4.38. The molecular formula is C16H41NO3Si3. The molecular weight excluding hydrogens is 338 g/mol. The molecule has 0 atom stereocenters. The van der Waals surface area contributed by atoms with Gasteiger partial charge in [0.15, 0.2) is 0 Å². The highest BCUT2D eigenvalue weighted by molar-refractivity contribution is 6.89. The first-order valence-corrected chi connectivity index (χ1v) is 18.3. The van der Waals surface area contributed by atoms with Gasteiger partial charge in [-0.05, 0) is 32.4 Å². The fraction of sp³-hybridized carbons (Fsp3) is 1.00. The lowest BCUT2D eigenvalue weighted by Gasteiger charge is -2.43. The van der Waals surface area contributed by atoms with Gasteiger partial charge in [0.1, 0.15) is 16.5 Å². The van der Waals surface area contributed by atoms with Crippen LogP contribution in [0.25, 0.3) is 0 Å². The van der Waals surface area contributed by atoms with E-state index in [2.05, 4.69) is 64.3 Å². The van der Waals surface area contributed by atoms with Crippen molar-refractivity contribution in [1.82, 2.24) is 4.23 Å². The predicted molar refractivity (Wildman–Crippen MR) is 108 cm³/mol. The van der Waals surface area contributed by atoms with Crippen LogP contribution in [0.3, 0.4) is 0 Å². The molecule has 0 unspecified atom stereocenters. The molecule has 0 aromatic heterocycles. The second-order valence-electron chi connectivity index (χ2n) is 8.04. The van der Waals surface area contributed by atoms with Crippen molar-refractivity contribution < 1.29 is 13.6 Å². The summed E-state index contributed by atoms with van der Waals surface area (Å²) in [5, 5.41) is 0. The molecule has 0 aliphatic rings. The van der Waals surface area contributed by atoms with Crippen LogP contribution in [0.4, 0.5) is 0 Å². The van der Waals surface area contributed by atoms with E-state index in [1.807, 2.05) is 0 Å². The van der Waals surface area contributed by atoms with Gasteiger partial charge in [-0.3, -0.25) is 0 Å². The Kier molecular flexibility index (Phi) is 10.7. The maximum atomic E-state index is 6.05. The molecule has 0 aromatic rings. The van der Waals surface area contributed by atoms with Gasteiger partial charge in [-0.1, -0.05) is 46.2 Å². The Hall–Kier alpha value is 0.491. The highest BCUT2D eigenvalue weighted by atomic mass is 28.4. The topological polar surface area (TPSA) is 30.9 Å². The lowest BCUT2D eigenvalue weighted by Crippen LogP contribution is -2.59. The summed E-state index contributed by atoms with van der Waals surface area (Å²) in [5.41, 5.74) is 0. The summed E-state index contributed by atoms with van der Waals surface area (Å²) in [6.45, 7) is 23.9. The zero-order chi connectivity index (χ0) is 18.1. The average Bonchev–Trinajstić information content (AvgIpc) is 2.40. The smallest absolute Gasteiger partial charge is 0.337 e. The second kappa shape index (κ2) is 10.5. The number of hydrogen-bond acceptors (Lipinski definition) is 4. The largest absolute Gasteiger partial charge is 0.394 e. The fourth-order valence-corrected chi connectivity index (χ4v) is 15.0. The van der Waals surface area contributed by atoms with Crippen molar-refractivity contribution in [1.29, 1.82) is 0 Å². The van der Waals surface area contributed by atoms with Crippen LogP contribution in [0, 0.1) is 0 Å². The van der Waals surface area contributed by atoms with Gasteiger partial charge in [-0.2, -0.15) is 0 Å². The summed E-state index contributed by atoms with van der Waals surface area (Å²) in [6.07, 6.45) is 1.03. The van der Waals surface area contributed by atoms with Gasteiger partial charge in [-0.25, -0.2) is 0 Å². The molecule has 0 aliphatic carbocycles. The Morgan fingerprint density at radius 3 is 1.61 bits per heavy atom. The number of rotatable bonds is 13. The Morgan fingerprint density at radius 2 is 1.26 bits per heavy atom. The van der Waals surface area contributed by atoms with Crippen LogP contribution in [-0.2, 0) is 13.6 Å². The maximum Gasteiger partial charge on any atom is 0.337 e. The molecule has 0 rings (SSSR count). The summed E-state index contributed by atoms with van der Waals surface area (Å²) in [7, 11) is -4.64. The number of nitrogens with zero attached hydrogens (tertiary/aromatic N) is 1. The zero-order valence-corrected chi connectivity index (χ0v) is 20.1. The molecule has 140 valence electrons. The summed E-state index contributed by atoms with van der Waals surface area (Å²) < 4.78 is 20.8. The molecule has 0 bridgehead atoms. The van der Waals surface area contributed by atoms with E-state index in [1.54, 1.807) is 0 Å². The molecule has 0 amide bonds. The van der Waals surface area contributed by atoms with Crippen LogP contribution in [-0.4, -0.2) is 55.8 Å². The molecule has 0 N–H and O–H groups in total. The molecule has 0 heterocycles. The molecule has 0 fully saturated rings.